The zero-order valence-corrected chi connectivity index (χ0v) is 12.4. The van der Waals surface area contributed by atoms with Crippen molar-refractivity contribution in [2.24, 2.45) is 0 Å². The van der Waals surface area contributed by atoms with Crippen molar-refractivity contribution in [2.75, 3.05) is 32.7 Å². The second kappa shape index (κ2) is 7.82. The largest absolute Gasteiger partial charge is 0.314 e. The van der Waals surface area contributed by atoms with Gasteiger partial charge < -0.3 is 5.32 Å². The third-order valence-corrected chi connectivity index (χ3v) is 3.81. The third kappa shape index (κ3) is 3.91. The van der Waals surface area contributed by atoms with E-state index in [1.807, 2.05) is 0 Å². The minimum absolute atomic E-state index is 0. The first-order chi connectivity index (χ1) is 8.74. The third-order valence-electron chi connectivity index (χ3n) is 3.81. The summed E-state index contributed by atoms with van der Waals surface area (Å²) < 4.78 is 0. The number of amides is 2. The predicted octanol–water partition coefficient (Wildman–Crippen LogP) is 0.631. The number of hydrogen-bond acceptors (Lipinski definition) is 4. The molecule has 2 amide bonds. The molecule has 0 aliphatic carbocycles. The number of likely N-dealkylation sites (tertiary alicyclic amines) is 1. The molecule has 0 aromatic heterocycles. The number of piperidine rings is 1. The summed E-state index contributed by atoms with van der Waals surface area (Å²) in [6.07, 6.45) is 3.13. The molecule has 5 nitrogen and oxygen atoms in total. The molecule has 2 saturated heterocycles. The summed E-state index contributed by atoms with van der Waals surface area (Å²) in [4.78, 5) is 27.9. The van der Waals surface area contributed by atoms with E-state index in [1.165, 1.54) is 4.90 Å². The molecule has 110 valence electrons. The SMILES string of the molecule is CCCCN1C(=O)CCC(N2CCNCC2)C1=O.Cl. The minimum atomic E-state index is -0.0679. The Kier molecular flexibility index (Phi) is 6.75. The Morgan fingerprint density at radius 3 is 2.58 bits per heavy atom. The average molecular weight is 290 g/mol. The highest BCUT2D eigenvalue weighted by Crippen LogP contribution is 2.19. The summed E-state index contributed by atoms with van der Waals surface area (Å²) in [5.74, 6) is 0.0430. The van der Waals surface area contributed by atoms with Crippen molar-refractivity contribution < 1.29 is 9.59 Å². The fourth-order valence-corrected chi connectivity index (χ4v) is 2.71. The summed E-state index contributed by atoms with van der Waals surface area (Å²) in [5.41, 5.74) is 0. The van der Waals surface area contributed by atoms with Crippen LogP contribution in [0.15, 0.2) is 0 Å². The standard InChI is InChI=1S/C13H23N3O2.ClH/c1-2-3-8-16-12(17)5-4-11(13(16)18)15-9-6-14-7-10-15;/h11,14H,2-10H2,1H3;1H. The number of nitrogens with zero attached hydrogens (tertiary/aromatic N) is 2. The van der Waals surface area contributed by atoms with Gasteiger partial charge in [0, 0.05) is 39.1 Å². The molecular weight excluding hydrogens is 266 g/mol. The summed E-state index contributed by atoms with van der Waals surface area (Å²) >= 11 is 0. The Morgan fingerprint density at radius 2 is 1.95 bits per heavy atom. The number of imide groups is 1. The predicted molar refractivity (Wildman–Crippen MR) is 76.3 cm³/mol. The maximum Gasteiger partial charge on any atom is 0.246 e. The van der Waals surface area contributed by atoms with Crippen LogP contribution in [0.25, 0.3) is 0 Å². The maximum absolute atomic E-state index is 12.4. The van der Waals surface area contributed by atoms with Crippen LogP contribution in [0.5, 0.6) is 0 Å². The lowest BCUT2D eigenvalue weighted by Crippen LogP contribution is -2.58. The average Bonchev–Trinajstić information content (AvgIpc) is 2.40. The number of unbranched alkanes of at least 4 members (excludes halogenated alkanes) is 1. The molecule has 1 atom stereocenters. The highest BCUT2D eigenvalue weighted by Gasteiger charge is 2.37. The molecule has 6 heteroatoms. The number of carbonyl (C=O) groups excluding carboxylic acids is 2. The van der Waals surface area contributed by atoms with Gasteiger partial charge in [-0.05, 0) is 12.8 Å². The lowest BCUT2D eigenvalue weighted by Gasteiger charge is -2.39. The molecule has 2 rings (SSSR count). The Balaban J connectivity index is 0.00000180. The van der Waals surface area contributed by atoms with Crippen LogP contribution in [-0.4, -0.2) is 60.4 Å². The van der Waals surface area contributed by atoms with E-state index < -0.39 is 0 Å². The van der Waals surface area contributed by atoms with E-state index in [1.54, 1.807) is 0 Å². The quantitative estimate of drug-likeness (QED) is 0.772. The van der Waals surface area contributed by atoms with Crippen molar-refractivity contribution >= 4 is 24.2 Å². The zero-order valence-electron chi connectivity index (χ0n) is 11.6. The summed E-state index contributed by atoms with van der Waals surface area (Å²) in [7, 11) is 0. The Hall–Kier alpha value is -0.650. The normalized spacial score (nSPS) is 25.3. The van der Waals surface area contributed by atoms with Gasteiger partial charge in [-0.2, -0.15) is 0 Å². The first-order valence-electron chi connectivity index (χ1n) is 7.03. The van der Waals surface area contributed by atoms with Crippen molar-refractivity contribution in [3.8, 4) is 0 Å². The van der Waals surface area contributed by atoms with E-state index in [9.17, 15) is 9.59 Å². The van der Waals surface area contributed by atoms with E-state index in [-0.39, 0.29) is 30.3 Å². The zero-order chi connectivity index (χ0) is 13.0. The first kappa shape index (κ1) is 16.4. The van der Waals surface area contributed by atoms with Gasteiger partial charge in [0.05, 0.1) is 6.04 Å². The van der Waals surface area contributed by atoms with Gasteiger partial charge in [0.15, 0.2) is 0 Å². The van der Waals surface area contributed by atoms with Crippen molar-refractivity contribution in [1.29, 1.82) is 0 Å². The number of nitrogens with one attached hydrogen (secondary N) is 1. The van der Waals surface area contributed by atoms with Crippen LogP contribution >= 0.6 is 12.4 Å². The van der Waals surface area contributed by atoms with Gasteiger partial charge in [-0.15, -0.1) is 12.4 Å². The van der Waals surface area contributed by atoms with Crippen molar-refractivity contribution in [3.05, 3.63) is 0 Å². The summed E-state index contributed by atoms with van der Waals surface area (Å²) in [6, 6.07) is -0.0679. The van der Waals surface area contributed by atoms with Gasteiger partial charge in [0.2, 0.25) is 11.8 Å². The topological polar surface area (TPSA) is 52.7 Å². The van der Waals surface area contributed by atoms with Gasteiger partial charge in [-0.1, -0.05) is 13.3 Å². The smallest absolute Gasteiger partial charge is 0.246 e. The van der Waals surface area contributed by atoms with Crippen molar-refractivity contribution in [3.63, 3.8) is 0 Å². The van der Waals surface area contributed by atoms with Gasteiger partial charge in [0.1, 0.15) is 0 Å². The van der Waals surface area contributed by atoms with Gasteiger partial charge in [0.25, 0.3) is 0 Å². The lowest BCUT2D eigenvalue weighted by molar-refractivity contribution is -0.153. The molecule has 19 heavy (non-hydrogen) atoms. The number of hydrogen-bond donors (Lipinski definition) is 1. The Bertz CT molecular complexity index is 319. The molecule has 0 aromatic rings. The molecule has 2 aliphatic heterocycles. The number of halogens is 1. The monoisotopic (exact) mass is 289 g/mol. The van der Waals surface area contributed by atoms with Crippen LogP contribution in [0, 0.1) is 0 Å². The Labute approximate surface area is 121 Å². The second-order valence-corrected chi connectivity index (χ2v) is 5.08. The molecule has 2 fully saturated rings. The van der Waals surface area contributed by atoms with Crippen LogP contribution in [0.3, 0.4) is 0 Å². The van der Waals surface area contributed by atoms with Crippen molar-refractivity contribution in [2.45, 2.75) is 38.6 Å². The van der Waals surface area contributed by atoms with E-state index >= 15 is 0 Å². The van der Waals surface area contributed by atoms with Gasteiger partial charge in [-0.25, -0.2) is 0 Å². The molecule has 1 N–H and O–H groups in total. The van der Waals surface area contributed by atoms with Crippen LogP contribution in [-0.2, 0) is 9.59 Å². The van der Waals surface area contributed by atoms with E-state index in [2.05, 4.69) is 17.1 Å². The molecule has 0 aromatic carbocycles. The fourth-order valence-electron chi connectivity index (χ4n) is 2.71. The summed E-state index contributed by atoms with van der Waals surface area (Å²) in [5, 5.41) is 3.29. The summed E-state index contributed by atoms with van der Waals surface area (Å²) in [6.45, 7) is 6.36. The van der Waals surface area contributed by atoms with Crippen LogP contribution in [0.2, 0.25) is 0 Å². The highest BCUT2D eigenvalue weighted by molar-refractivity contribution is 6.00. The molecule has 1 unspecified atom stereocenters. The van der Waals surface area contributed by atoms with Gasteiger partial charge in [-0.3, -0.25) is 19.4 Å². The van der Waals surface area contributed by atoms with E-state index in [0.29, 0.717) is 19.4 Å². The Morgan fingerprint density at radius 1 is 1.26 bits per heavy atom. The highest BCUT2D eigenvalue weighted by atomic mass is 35.5. The van der Waals surface area contributed by atoms with Crippen LogP contribution in [0.4, 0.5) is 0 Å². The molecule has 0 bridgehead atoms. The number of carbonyl (C=O) groups is 2. The van der Waals surface area contributed by atoms with Crippen molar-refractivity contribution in [1.82, 2.24) is 15.1 Å². The number of rotatable bonds is 4. The minimum Gasteiger partial charge on any atom is -0.314 e. The molecule has 0 radical (unpaired) electrons. The lowest BCUT2D eigenvalue weighted by atomic mass is 10.0. The van der Waals surface area contributed by atoms with Gasteiger partial charge >= 0.3 is 0 Å². The molecule has 0 spiro atoms. The van der Waals surface area contributed by atoms with Crippen LogP contribution in [0.1, 0.15) is 32.6 Å². The fraction of sp³-hybridized carbons (Fsp3) is 0.846. The number of piperazine rings is 1. The molecule has 2 aliphatic rings. The van der Waals surface area contributed by atoms with Crippen LogP contribution < -0.4 is 5.32 Å². The second-order valence-electron chi connectivity index (χ2n) is 5.08. The van der Waals surface area contributed by atoms with E-state index in [0.717, 1.165) is 39.0 Å². The first-order valence-corrected chi connectivity index (χ1v) is 7.03. The molecule has 2 heterocycles. The molecular formula is C13H24ClN3O2. The molecule has 0 saturated carbocycles. The maximum atomic E-state index is 12.4. The van der Waals surface area contributed by atoms with E-state index in [4.69, 9.17) is 0 Å².